The van der Waals surface area contributed by atoms with E-state index in [0.29, 0.717) is 6.04 Å². The summed E-state index contributed by atoms with van der Waals surface area (Å²) < 4.78 is 5.58. The minimum atomic E-state index is 0.387. The van der Waals surface area contributed by atoms with Crippen molar-refractivity contribution in [3.8, 4) is 0 Å². The summed E-state index contributed by atoms with van der Waals surface area (Å²) >= 11 is 0. The highest BCUT2D eigenvalue weighted by Gasteiger charge is 2.32. The first-order valence-corrected chi connectivity index (χ1v) is 5.91. The monoisotopic (exact) mass is 219 g/mol. The van der Waals surface area contributed by atoms with Crippen molar-refractivity contribution in [3.63, 3.8) is 0 Å². The summed E-state index contributed by atoms with van der Waals surface area (Å²) in [6.45, 7) is 7.86. The molecule has 0 bridgehead atoms. The molecule has 16 heavy (non-hydrogen) atoms. The molecule has 1 aromatic heterocycles. The standard InChI is InChI=1S/C12H17N3O/c1-8-12-10(14-9(2)13-8)3-4-15-5-6-16-7-11(12)15/h11H,3-7H2,1-2H3. The van der Waals surface area contributed by atoms with Crippen molar-refractivity contribution in [2.45, 2.75) is 26.3 Å². The van der Waals surface area contributed by atoms with Crippen LogP contribution in [0.5, 0.6) is 0 Å². The molecule has 1 aromatic rings. The van der Waals surface area contributed by atoms with Crippen LogP contribution in [0.25, 0.3) is 0 Å². The zero-order valence-electron chi connectivity index (χ0n) is 9.86. The number of aromatic nitrogens is 2. The quantitative estimate of drug-likeness (QED) is 0.653. The topological polar surface area (TPSA) is 38.2 Å². The number of nitrogens with zero attached hydrogens (tertiary/aromatic N) is 3. The molecule has 2 aliphatic rings. The van der Waals surface area contributed by atoms with Crippen molar-refractivity contribution in [2.75, 3.05) is 26.3 Å². The number of ether oxygens (including phenoxy) is 1. The van der Waals surface area contributed by atoms with Gasteiger partial charge in [0.1, 0.15) is 5.82 Å². The van der Waals surface area contributed by atoms with E-state index < -0.39 is 0 Å². The van der Waals surface area contributed by atoms with Crippen LogP contribution in [0.1, 0.15) is 28.8 Å². The molecule has 3 heterocycles. The van der Waals surface area contributed by atoms with E-state index in [0.717, 1.165) is 44.2 Å². The first-order valence-electron chi connectivity index (χ1n) is 5.91. The van der Waals surface area contributed by atoms with Crippen LogP contribution in [0.4, 0.5) is 0 Å². The second kappa shape index (κ2) is 3.79. The van der Waals surface area contributed by atoms with Gasteiger partial charge in [-0.2, -0.15) is 0 Å². The van der Waals surface area contributed by atoms with Crippen molar-refractivity contribution >= 4 is 0 Å². The maximum absolute atomic E-state index is 5.58. The van der Waals surface area contributed by atoms with Crippen molar-refractivity contribution < 1.29 is 4.74 Å². The van der Waals surface area contributed by atoms with E-state index in [4.69, 9.17) is 4.74 Å². The fourth-order valence-electron chi connectivity index (χ4n) is 2.84. The van der Waals surface area contributed by atoms with Gasteiger partial charge >= 0.3 is 0 Å². The predicted octanol–water partition coefficient (Wildman–Crippen LogP) is 1.02. The summed E-state index contributed by atoms with van der Waals surface area (Å²) in [6, 6.07) is 0.387. The highest BCUT2D eigenvalue weighted by molar-refractivity contribution is 5.31. The van der Waals surface area contributed by atoms with E-state index in [1.54, 1.807) is 0 Å². The fourth-order valence-corrected chi connectivity index (χ4v) is 2.84. The van der Waals surface area contributed by atoms with E-state index in [9.17, 15) is 0 Å². The maximum atomic E-state index is 5.58. The molecular weight excluding hydrogens is 202 g/mol. The van der Waals surface area contributed by atoms with E-state index in [2.05, 4.69) is 21.8 Å². The average Bonchev–Trinajstić information content (AvgIpc) is 2.28. The van der Waals surface area contributed by atoms with E-state index in [1.165, 1.54) is 11.3 Å². The third kappa shape index (κ3) is 1.53. The summed E-state index contributed by atoms with van der Waals surface area (Å²) in [7, 11) is 0. The van der Waals surface area contributed by atoms with Gasteiger partial charge in [-0.05, 0) is 13.8 Å². The van der Waals surface area contributed by atoms with Gasteiger partial charge in [0.2, 0.25) is 0 Å². The van der Waals surface area contributed by atoms with Gasteiger partial charge in [-0.25, -0.2) is 9.97 Å². The van der Waals surface area contributed by atoms with Crippen molar-refractivity contribution in [1.82, 2.24) is 14.9 Å². The first-order chi connectivity index (χ1) is 7.75. The zero-order valence-corrected chi connectivity index (χ0v) is 9.86. The molecule has 4 nitrogen and oxygen atoms in total. The second-order valence-corrected chi connectivity index (χ2v) is 4.59. The van der Waals surface area contributed by atoms with E-state index in [1.807, 2.05) is 6.92 Å². The Labute approximate surface area is 95.7 Å². The summed E-state index contributed by atoms with van der Waals surface area (Å²) in [5, 5.41) is 0. The van der Waals surface area contributed by atoms with Crippen molar-refractivity contribution in [2.24, 2.45) is 0 Å². The van der Waals surface area contributed by atoms with E-state index >= 15 is 0 Å². The fraction of sp³-hybridized carbons (Fsp3) is 0.667. The normalized spacial score (nSPS) is 25.0. The molecular formula is C12H17N3O. The van der Waals surface area contributed by atoms with Gasteiger partial charge < -0.3 is 4.74 Å². The van der Waals surface area contributed by atoms with Crippen LogP contribution in [0, 0.1) is 13.8 Å². The summed E-state index contributed by atoms with van der Waals surface area (Å²) in [6.07, 6.45) is 1.05. The molecule has 3 rings (SSSR count). The summed E-state index contributed by atoms with van der Waals surface area (Å²) in [5.74, 6) is 0.890. The maximum Gasteiger partial charge on any atom is 0.125 e. The molecule has 0 N–H and O–H groups in total. The van der Waals surface area contributed by atoms with Crippen LogP contribution in [0.3, 0.4) is 0 Å². The Morgan fingerprint density at radius 1 is 1.25 bits per heavy atom. The molecule has 1 unspecified atom stereocenters. The lowest BCUT2D eigenvalue weighted by atomic mass is 9.95. The Kier molecular flexibility index (Phi) is 2.41. The van der Waals surface area contributed by atoms with Crippen LogP contribution in [0.15, 0.2) is 0 Å². The number of morpholine rings is 1. The van der Waals surface area contributed by atoms with Crippen LogP contribution in [-0.4, -0.2) is 41.2 Å². The van der Waals surface area contributed by atoms with Gasteiger partial charge in [-0.1, -0.05) is 0 Å². The largest absolute Gasteiger partial charge is 0.378 e. The minimum absolute atomic E-state index is 0.387. The van der Waals surface area contributed by atoms with Crippen molar-refractivity contribution in [1.29, 1.82) is 0 Å². The Bertz CT molecular complexity index is 419. The van der Waals surface area contributed by atoms with Crippen LogP contribution in [-0.2, 0) is 11.2 Å². The summed E-state index contributed by atoms with van der Waals surface area (Å²) in [5.41, 5.74) is 3.68. The van der Waals surface area contributed by atoms with Gasteiger partial charge in [0.25, 0.3) is 0 Å². The van der Waals surface area contributed by atoms with Gasteiger partial charge in [0, 0.05) is 30.8 Å². The average molecular weight is 219 g/mol. The molecule has 0 saturated carbocycles. The molecule has 0 spiro atoms. The molecule has 2 aliphatic heterocycles. The number of hydrogen-bond acceptors (Lipinski definition) is 4. The van der Waals surface area contributed by atoms with Crippen LogP contribution >= 0.6 is 0 Å². The van der Waals surface area contributed by atoms with Crippen LogP contribution in [0.2, 0.25) is 0 Å². The highest BCUT2D eigenvalue weighted by atomic mass is 16.5. The second-order valence-electron chi connectivity index (χ2n) is 4.59. The molecule has 0 radical (unpaired) electrons. The SMILES string of the molecule is Cc1nc(C)c2c(n1)CCN1CCOCC21. The number of fused-ring (bicyclic) bond motifs is 3. The number of aryl methyl sites for hydroxylation is 2. The summed E-state index contributed by atoms with van der Waals surface area (Å²) in [4.78, 5) is 11.6. The van der Waals surface area contributed by atoms with Gasteiger partial charge in [0.05, 0.1) is 24.9 Å². The van der Waals surface area contributed by atoms with Gasteiger partial charge in [-0.15, -0.1) is 0 Å². The minimum Gasteiger partial charge on any atom is -0.378 e. The molecule has 1 atom stereocenters. The molecule has 4 heteroatoms. The molecule has 0 aromatic carbocycles. The number of rotatable bonds is 0. The molecule has 0 amide bonds. The Balaban J connectivity index is 2.07. The lowest BCUT2D eigenvalue weighted by molar-refractivity contribution is -0.0138. The lowest BCUT2D eigenvalue weighted by Gasteiger charge is -2.40. The Morgan fingerprint density at radius 3 is 3.00 bits per heavy atom. The Morgan fingerprint density at radius 2 is 2.12 bits per heavy atom. The molecule has 1 fully saturated rings. The highest BCUT2D eigenvalue weighted by Crippen LogP contribution is 2.32. The van der Waals surface area contributed by atoms with Gasteiger partial charge in [0.15, 0.2) is 0 Å². The molecule has 0 aliphatic carbocycles. The predicted molar refractivity (Wildman–Crippen MR) is 60.3 cm³/mol. The van der Waals surface area contributed by atoms with E-state index in [-0.39, 0.29) is 0 Å². The number of hydrogen-bond donors (Lipinski definition) is 0. The lowest BCUT2D eigenvalue weighted by Crippen LogP contribution is -2.44. The molecule has 86 valence electrons. The zero-order chi connectivity index (χ0) is 11.1. The smallest absolute Gasteiger partial charge is 0.125 e. The Hall–Kier alpha value is -1.00. The third-order valence-corrected chi connectivity index (χ3v) is 3.54. The van der Waals surface area contributed by atoms with Crippen LogP contribution < -0.4 is 0 Å². The third-order valence-electron chi connectivity index (χ3n) is 3.54. The molecule has 1 saturated heterocycles. The van der Waals surface area contributed by atoms with Crippen molar-refractivity contribution in [3.05, 3.63) is 22.8 Å². The first kappa shape index (κ1) is 10.2. The van der Waals surface area contributed by atoms with Gasteiger partial charge in [-0.3, -0.25) is 4.90 Å².